The highest BCUT2D eigenvalue weighted by Gasteiger charge is 2.31. The van der Waals surface area contributed by atoms with Crippen molar-refractivity contribution in [2.45, 2.75) is 26.2 Å². The van der Waals surface area contributed by atoms with Crippen LogP contribution in [0.1, 0.15) is 26.2 Å². The summed E-state index contributed by atoms with van der Waals surface area (Å²) in [5, 5.41) is 8.64. The van der Waals surface area contributed by atoms with Crippen LogP contribution >= 0.6 is 0 Å². The molecule has 1 aliphatic heterocycles. The molecule has 1 aliphatic rings. The number of nitrogens with zero attached hydrogens (tertiary/aromatic N) is 1. The molecule has 0 amide bonds. The van der Waals surface area contributed by atoms with Crippen molar-refractivity contribution in [2.24, 2.45) is 11.8 Å². The van der Waals surface area contributed by atoms with Gasteiger partial charge in [-0.05, 0) is 18.8 Å². The molecule has 0 radical (unpaired) electrons. The summed E-state index contributed by atoms with van der Waals surface area (Å²) in [7, 11) is -2.32. The topological polar surface area (TPSA) is 113 Å². The first-order valence-corrected chi connectivity index (χ1v) is 8.24. The summed E-state index contributed by atoms with van der Waals surface area (Å²) < 4.78 is 32.5. The second kappa shape index (κ2) is 7.71. The Morgan fingerprint density at radius 2 is 1.95 bits per heavy atom. The monoisotopic (exact) mass is 322 g/mol. The number of ether oxygens (including phenoxy) is 1. The number of hydrogen-bond donors (Lipinski definition) is 2. The van der Waals surface area contributed by atoms with Gasteiger partial charge in [0, 0.05) is 26.1 Å². The number of carbonyl (C=O) groups is 2. The molecule has 1 saturated heterocycles. The van der Waals surface area contributed by atoms with Crippen molar-refractivity contribution in [3.8, 4) is 0 Å². The number of rotatable bonds is 7. The second-order valence-electron chi connectivity index (χ2n) is 5.25. The van der Waals surface area contributed by atoms with E-state index in [2.05, 4.69) is 9.46 Å². The average Bonchev–Trinajstić information content (AvgIpc) is 2.44. The number of piperidine rings is 1. The number of carboxylic acid groups (broad SMARTS) is 1. The van der Waals surface area contributed by atoms with Crippen LogP contribution in [0.5, 0.6) is 0 Å². The molecule has 2 N–H and O–H groups in total. The third kappa shape index (κ3) is 5.60. The SMILES string of the molecule is COC(=O)C1CCN(S(=O)(=O)NCC(C)CC(=O)O)CC1. The zero-order chi connectivity index (χ0) is 16.0. The smallest absolute Gasteiger partial charge is 0.308 e. The van der Waals surface area contributed by atoms with E-state index in [0.29, 0.717) is 12.8 Å². The molecule has 8 nitrogen and oxygen atoms in total. The van der Waals surface area contributed by atoms with Crippen molar-refractivity contribution in [3.63, 3.8) is 0 Å². The van der Waals surface area contributed by atoms with Gasteiger partial charge >= 0.3 is 11.9 Å². The van der Waals surface area contributed by atoms with Crippen LogP contribution in [0, 0.1) is 11.8 Å². The Hall–Kier alpha value is -1.19. The van der Waals surface area contributed by atoms with Crippen molar-refractivity contribution in [3.05, 3.63) is 0 Å². The first kappa shape index (κ1) is 17.9. The van der Waals surface area contributed by atoms with Crippen molar-refractivity contribution in [2.75, 3.05) is 26.7 Å². The van der Waals surface area contributed by atoms with Crippen LogP contribution in [0.4, 0.5) is 0 Å². The highest BCUT2D eigenvalue weighted by molar-refractivity contribution is 7.87. The van der Waals surface area contributed by atoms with Gasteiger partial charge in [0.05, 0.1) is 13.0 Å². The molecule has 0 spiro atoms. The fourth-order valence-corrected chi connectivity index (χ4v) is 3.58. The van der Waals surface area contributed by atoms with E-state index in [1.165, 1.54) is 11.4 Å². The summed E-state index contributed by atoms with van der Waals surface area (Å²) in [4.78, 5) is 21.9. The molecule has 9 heteroatoms. The molecule has 122 valence electrons. The van der Waals surface area contributed by atoms with Gasteiger partial charge in [0.25, 0.3) is 10.2 Å². The normalized spacial score (nSPS) is 19.1. The van der Waals surface area contributed by atoms with Crippen molar-refractivity contribution >= 4 is 22.1 Å². The summed E-state index contributed by atoms with van der Waals surface area (Å²) in [6, 6.07) is 0. The summed E-state index contributed by atoms with van der Waals surface area (Å²) in [6.45, 7) is 2.25. The molecule has 0 aromatic heterocycles. The van der Waals surface area contributed by atoms with Crippen LogP contribution in [-0.4, -0.2) is 56.5 Å². The first-order valence-electron chi connectivity index (χ1n) is 6.80. The minimum absolute atomic E-state index is 0.0750. The van der Waals surface area contributed by atoms with Gasteiger partial charge in [0.1, 0.15) is 0 Å². The van der Waals surface area contributed by atoms with E-state index in [-0.39, 0.29) is 43.9 Å². The molecular formula is C12H22N2O6S. The van der Waals surface area contributed by atoms with Crippen LogP contribution in [0.25, 0.3) is 0 Å². The number of hydrogen-bond acceptors (Lipinski definition) is 5. The second-order valence-corrected chi connectivity index (χ2v) is 7.01. The van der Waals surface area contributed by atoms with Gasteiger partial charge in [-0.15, -0.1) is 0 Å². The van der Waals surface area contributed by atoms with Gasteiger partial charge in [0.2, 0.25) is 0 Å². The standard InChI is InChI=1S/C12H22N2O6S/c1-9(7-11(15)16)8-13-21(18,19)14-5-3-10(4-6-14)12(17)20-2/h9-10,13H,3-8H2,1-2H3,(H,15,16). The minimum atomic E-state index is -3.63. The Bertz CT molecular complexity index is 470. The number of nitrogens with one attached hydrogen (secondary N) is 1. The molecule has 0 aromatic rings. The lowest BCUT2D eigenvalue weighted by Crippen LogP contribution is -2.47. The zero-order valence-electron chi connectivity index (χ0n) is 12.2. The third-order valence-corrected chi connectivity index (χ3v) is 5.04. The molecule has 0 saturated carbocycles. The minimum Gasteiger partial charge on any atom is -0.481 e. The molecule has 1 atom stereocenters. The first-order chi connectivity index (χ1) is 9.76. The summed E-state index contributed by atoms with van der Waals surface area (Å²) >= 11 is 0. The Kier molecular flexibility index (Phi) is 6.56. The van der Waals surface area contributed by atoms with Gasteiger partial charge in [-0.2, -0.15) is 12.7 Å². The van der Waals surface area contributed by atoms with Crippen LogP contribution in [0.3, 0.4) is 0 Å². The van der Waals surface area contributed by atoms with E-state index < -0.39 is 16.2 Å². The van der Waals surface area contributed by atoms with Gasteiger partial charge in [0.15, 0.2) is 0 Å². The number of aliphatic carboxylic acids is 1. The van der Waals surface area contributed by atoms with Gasteiger partial charge < -0.3 is 9.84 Å². The number of methoxy groups -OCH3 is 1. The maximum Gasteiger partial charge on any atom is 0.308 e. The summed E-state index contributed by atoms with van der Waals surface area (Å²) in [5.41, 5.74) is 0. The maximum atomic E-state index is 12.1. The molecular weight excluding hydrogens is 300 g/mol. The van der Waals surface area contributed by atoms with Crippen LogP contribution < -0.4 is 4.72 Å². The van der Waals surface area contributed by atoms with E-state index in [4.69, 9.17) is 5.11 Å². The Balaban J connectivity index is 2.46. The fourth-order valence-electron chi connectivity index (χ4n) is 2.21. The summed E-state index contributed by atoms with van der Waals surface area (Å²) in [6.07, 6.45) is 0.767. The lowest BCUT2D eigenvalue weighted by Gasteiger charge is -2.30. The maximum absolute atomic E-state index is 12.1. The quantitative estimate of drug-likeness (QED) is 0.629. The summed E-state index contributed by atoms with van der Waals surface area (Å²) in [5.74, 6) is -1.81. The van der Waals surface area contributed by atoms with E-state index in [1.54, 1.807) is 6.92 Å². The highest BCUT2D eigenvalue weighted by Crippen LogP contribution is 2.20. The highest BCUT2D eigenvalue weighted by atomic mass is 32.2. The van der Waals surface area contributed by atoms with Crippen LogP contribution in [0.15, 0.2) is 0 Å². The van der Waals surface area contributed by atoms with Crippen LogP contribution in [-0.2, 0) is 24.5 Å². The number of carboxylic acids is 1. The van der Waals surface area contributed by atoms with Gasteiger partial charge in [-0.3, -0.25) is 9.59 Å². The number of esters is 1. The Labute approximate surface area is 124 Å². The van der Waals surface area contributed by atoms with Crippen molar-refractivity contribution in [1.29, 1.82) is 0 Å². The van der Waals surface area contributed by atoms with E-state index in [1.807, 2.05) is 0 Å². The zero-order valence-corrected chi connectivity index (χ0v) is 13.1. The van der Waals surface area contributed by atoms with Gasteiger partial charge in [-0.25, -0.2) is 4.72 Å². The van der Waals surface area contributed by atoms with Crippen LogP contribution in [0.2, 0.25) is 0 Å². The van der Waals surface area contributed by atoms with E-state index in [9.17, 15) is 18.0 Å². The molecule has 1 unspecified atom stereocenters. The number of carbonyl (C=O) groups excluding carboxylic acids is 1. The van der Waals surface area contributed by atoms with Gasteiger partial charge in [-0.1, -0.05) is 6.92 Å². The molecule has 0 aliphatic carbocycles. The van der Waals surface area contributed by atoms with E-state index >= 15 is 0 Å². The molecule has 0 bridgehead atoms. The molecule has 0 aromatic carbocycles. The molecule has 1 rings (SSSR count). The Morgan fingerprint density at radius 1 is 1.38 bits per heavy atom. The predicted molar refractivity (Wildman–Crippen MR) is 74.7 cm³/mol. The average molecular weight is 322 g/mol. The van der Waals surface area contributed by atoms with E-state index in [0.717, 1.165) is 0 Å². The predicted octanol–water partition coefficient (Wildman–Crippen LogP) is -0.183. The lowest BCUT2D eigenvalue weighted by molar-refractivity contribution is -0.146. The largest absolute Gasteiger partial charge is 0.481 e. The third-order valence-electron chi connectivity index (χ3n) is 3.47. The molecule has 21 heavy (non-hydrogen) atoms. The van der Waals surface area contributed by atoms with Crippen molar-refractivity contribution < 1.29 is 27.9 Å². The lowest BCUT2D eigenvalue weighted by atomic mass is 9.99. The van der Waals surface area contributed by atoms with Crippen molar-refractivity contribution in [1.82, 2.24) is 9.03 Å². The Morgan fingerprint density at radius 3 is 2.43 bits per heavy atom. The molecule has 1 fully saturated rings. The molecule has 1 heterocycles. The fraction of sp³-hybridized carbons (Fsp3) is 0.833.